The molecule has 0 aromatic heterocycles. The zero-order valence-electron chi connectivity index (χ0n) is 18.5. The van der Waals surface area contributed by atoms with Gasteiger partial charge >= 0.3 is 11.9 Å². The minimum Gasteiger partial charge on any atom is -0.473 e. The lowest BCUT2D eigenvalue weighted by Crippen LogP contribution is -2.46. The molecule has 1 fully saturated rings. The lowest BCUT2D eigenvalue weighted by atomic mass is 10.0. The molecule has 186 valence electrons. The maximum Gasteiger partial charge on any atom is 0.414 e. The van der Waals surface area contributed by atoms with Gasteiger partial charge in [-0.05, 0) is 54.8 Å². The first-order valence-corrected chi connectivity index (χ1v) is 10.8. The third-order valence-electron chi connectivity index (χ3n) is 5.39. The van der Waals surface area contributed by atoms with E-state index in [9.17, 15) is 19.0 Å². The number of benzene rings is 2. The molecule has 2 aromatic carbocycles. The molecule has 0 spiro atoms. The van der Waals surface area contributed by atoms with E-state index in [1.165, 1.54) is 24.3 Å². The minimum atomic E-state index is -1.82. The highest BCUT2D eigenvalue weighted by atomic mass is 19.1. The smallest absolute Gasteiger partial charge is 0.414 e. The van der Waals surface area contributed by atoms with E-state index in [2.05, 4.69) is 4.90 Å². The highest BCUT2D eigenvalue weighted by Gasteiger charge is 2.25. The Bertz CT molecular complexity index is 851. The van der Waals surface area contributed by atoms with Crippen molar-refractivity contribution in [3.05, 3.63) is 71.3 Å². The molecule has 0 bridgehead atoms. The molecule has 34 heavy (non-hydrogen) atoms. The summed E-state index contributed by atoms with van der Waals surface area (Å²) in [7, 11) is 0. The normalized spacial score (nSPS) is 17.0. The van der Waals surface area contributed by atoms with Crippen molar-refractivity contribution in [2.75, 3.05) is 26.3 Å². The molecule has 3 rings (SSSR count). The topological polar surface area (TPSA) is 128 Å². The Morgan fingerprint density at radius 3 is 1.88 bits per heavy atom. The second-order valence-corrected chi connectivity index (χ2v) is 7.91. The van der Waals surface area contributed by atoms with Gasteiger partial charge in [0, 0.05) is 12.6 Å². The van der Waals surface area contributed by atoms with E-state index in [-0.39, 0.29) is 30.9 Å². The van der Waals surface area contributed by atoms with Crippen molar-refractivity contribution in [1.29, 1.82) is 0 Å². The number of halogens is 2. The molecular formula is C24H29F2NO7. The summed E-state index contributed by atoms with van der Waals surface area (Å²) in [5, 5.41) is 34.8. The number of piperidine rings is 1. The Hall–Kier alpha value is -2.92. The molecule has 0 saturated carbocycles. The van der Waals surface area contributed by atoms with Crippen LogP contribution in [0.2, 0.25) is 0 Å². The number of β-amino-alcohol motifs (C(OH)–C–C–N with tert-alkyl or cyclic N) is 1. The maximum absolute atomic E-state index is 13.3. The van der Waals surface area contributed by atoms with Crippen molar-refractivity contribution in [3.8, 4) is 0 Å². The number of hydrogen-bond acceptors (Lipinski definition) is 6. The van der Waals surface area contributed by atoms with Crippen molar-refractivity contribution in [3.63, 3.8) is 0 Å². The van der Waals surface area contributed by atoms with Gasteiger partial charge in [-0.1, -0.05) is 30.7 Å². The zero-order chi connectivity index (χ0) is 25.1. The van der Waals surface area contributed by atoms with Gasteiger partial charge in [0.1, 0.15) is 17.7 Å². The Balaban J connectivity index is 0.000000604. The molecule has 1 aliphatic heterocycles. The summed E-state index contributed by atoms with van der Waals surface area (Å²) in [6, 6.07) is 12.0. The molecule has 2 unspecified atom stereocenters. The molecule has 4 N–H and O–H groups in total. The second kappa shape index (κ2) is 13.7. The average Bonchev–Trinajstić information content (AvgIpc) is 2.82. The Kier molecular flexibility index (Phi) is 11.0. The molecule has 1 heterocycles. The number of rotatable bonds is 8. The SMILES string of the molecule is O=C(O)C(=O)O.OCC1CCCCN1CC(O)COC(c1ccc(F)cc1)c1ccc(F)cc1. The first-order chi connectivity index (χ1) is 16.2. The molecule has 0 radical (unpaired) electrons. The van der Waals surface area contributed by atoms with Gasteiger partial charge in [-0.25, -0.2) is 18.4 Å². The van der Waals surface area contributed by atoms with Gasteiger partial charge in [0.25, 0.3) is 0 Å². The van der Waals surface area contributed by atoms with E-state index in [0.717, 1.165) is 36.9 Å². The lowest BCUT2D eigenvalue weighted by Gasteiger charge is -2.36. The number of nitrogens with zero attached hydrogens (tertiary/aromatic N) is 1. The Labute approximate surface area is 196 Å². The maximum atomic E-state index is 13.3. The van der Waals surface area contributed by atoms with Crippen LogP contribution in [0, 0.1) is 11.6 Å². The highest BCUT2D eigenvalue weighted by molar-refractivity contribution is 6.27. The zero-order valence-corrected chi connectivity index (χ0v) is 18.5. The number of carbonyl (C=O) groups is 2. The number of ether oxygens (including phenoxy) is 1. The van der Waals surface area contributed by atoms with Gasteiger partial charge in [0.2, 0.25) is 0 Å². The van der Waals surface area contributed by atoms with Crippen molar-refractivity contribution in [1.82, 2.24) is 4.90 Å². The second-order valence-electron chi connectivity index (χ2n) is 7.91. The third-order valence-corrected chi connectivity index (χ3v) is 5.39. The quantitative estimate of drug-likeness (QED) is 0.424. The van der Waals surface area contributed by atoms with Crippen molar-refractivity contribution >= 4 is 11.9 Å². The molecule has 2 aromatic rings. The Morgan fingerprint density at radius 2 is 1.44 bits per heavy atom. The van der Waals surface area contributed by atoms with Crippen LogP contribution >= 0.6 is 0 Å². The van der Waals surface area contributed by atoms with Crippen LogP contribution in [0.1, 0.15) is 36.5 Å². The Morgan fingerprint density at radius 1 is 0.941 bits per heavy atom. The largest absolute Gasteiger partial charge is 0.473 e. The number of carboxylic acid groups (broad SMARTS) is 2. The van der Waals surface area contributed by atoms with Crippen LogP contribution in [0.3, 0.4) is 0 Å². The van der Waals surface area contributed by atoms with Crippen molar-refractivity contribution < 1.29 is 43.5 Å². The van der Waals surface area contributed by atoms with E-state index >= 15 is 0 Å². The highest BCUT2D eigenvalue weighted by Crippen LogP contribution is 2.27. The fourth-order valence-electron chi connectivity index (χ4n) is 3.70. The number of hydrogen-bond donors (Lipinski definition) is 4. The van der Waals surface area contributed by atoms with Crippen LogP contribution in [0.5, 0.6) is 0 Å². The van der Waals surface area contributed by atoms with E-state index in [1.54, 1.807) is 24.3 Å². The summed E-state index contributed by atoms with van der Waals surface area (Å²) in [5.41, 5.74) is 1.46. The monoisotopic (exact) mass is 481 g/mol. The average molecular weight is 481 g/mol. The van der Waals surface area contributed by atoms with Crippen LogP contribution < -0.4 is 0 Å². The number of likely N-dealkylation sites (tertiary alicyclic amines) is 1. The van der Waals surface area contributed by atoms with Crippen LogP contribution in [-0.4, -0.2) is 75.7 Å². The fraction of sp³-hybridized carbons (Fsp3) is 0.417. The number of aliphatic hydroxyl groups excluding tert-OH is 2. The third kappa shape index (κ3) is 8.79. The van der Waals surface area contributed by atoms with E-state index in [1.807, 2.05) is 0 Å². The predicted octanol–water partition coefficient (Wildman–Crippen LogP) is 2.43. The molecule has 0 amide bonds. The standard InChI is InChI=1S/C22H27F2NO3.C2H2O4/c23-18-8-4-16(5-9-18)22(17-6-10-19(24)11-7-17)28-15-21(27)13-25-12-2-1-3-20(25)14-26;3-1(4)2(5)6/h4-11,20-22,26-27H,1-3,12-15H2;(H,3,4)(H,5,6). The summed E-state index contributed by atoms with van der Waals surface area (Å²) in [6.07, 6.45) is 1.81. The predicted molar refractivity (Wildman–Crippen MR) is 118 cm³/mol. The van der Waals surface area contributed by atoms with Gasteiger partial charge in [-0.2, -0.15) is 0 Å². The van der Waals surface area contributed by atoms with Gasteiger partial charge in [0.05, 0.1) is 19.3 Å². The molecular weight excluding hydrogens is 452 g/mol. The van der Waals surface area contributed by atoms with Crippen molar-refractivity contribution in [2.45, 2.75) is 37.5 Å². The summed E-state index contributed by atoms with van der Waals surface area (Å²) < 4.78 is 32.6. The first kappa shape index (κ1) is 27.3. The molecule has 0 aliphatic carbocycles. The summed E-state index contributed by atoms with van der Waals surface area (Å²) in [6.45, 7) is 1.43. The van der Waals surface area contributed by atoms with Crippen molar-refractivity contribution in [2.24, 2.45) is 0 Å². The van der Waals surface area contributed by atoms with Crippen LogP contribution in [0.4, 0.5) is 8.78 Å². The van der Waals surface area contributed by atoms with Crippen LogP contribution in [0.25, 0.3) is 0 Å². The van der Waals surface area contributed by atoms with Gasteiger partial charge in [0.15, 0.2) is 0 Å². The van der Waals surface area contributed by atoms with Gasteiger partial charge in [-0.3, -0.25) is 4.90 Å². The van der Waals surface area contributed by atoms with Gasteiger partial charge in [-0.15, -0.1) is 0 Å². The number of aliphatic carboxylic acids is 2. The van der Waals surface area contributed by atoms with E-state index < -0.39 is 24.1 Å². The molecule has 1 aliphatic rings. The van der Waals surface area contributed by atoms with E-state index in [0.29, 0.717) is 6.54 Å². The number of carboxylic acids is 2. The van der Waals surface area contributed by atoms with Gasteiger partial charge < -0.3 is 25.2 Å². The van der Waals surface area contributed by atoms with Crippen LogP contribution in [0.15, 0.2) is 48.5 Å². The summed E-state index contributed by atoms with van der Waals surface area (Å²) in [5.74, 6) is -4.34. The number of aliphatic hydroxyl groups is 2. The van der Waals surface area contributed by atoms with E-state index in [4.69, 9.17) is 24.5 Å². The molecule has 1 saturated heterocycles. The first-order valence-electron chi connectivity index (χ1n) is 10.8. The lowest BCUT2D eigenvalue weighted by molar-refractivity contribution is -0.159. The van der Waals surface area contributed by atoms with Crippen LogP contribution in [-0.2, 0) is 14.3 Å². The minimum absolute atomic E-state index is 0.0772. The summed E-state index contributed by atoms with van der Waals surface area (Å²) in [4.78, 5) is 20.3. The fourth-order valence-corrected chi connectivity index (χ4v) is 3.70. The molecule has 10 heteroatoms. The molecule has 2 atom stereocenters. The summed E-state index contributed by atoms with van der Waals surface area (Å²) >= 11 is 0. The molecule has 8 nitrogen and oxygen atoms in total.